The van der Waals surface area contributed by atoms with Crippen molar-refractivity contribution >= 4 is 28.4 Å². The van der Waals surface area contributed by atoms with E-state index in [-0.39, 0.29) is 11.5 Å². The Morgan fingerprint density at radius 2 is 1.77 bits per heavy atom. The molecule has 0 aliphatic rings. The maximum atomic E-state index is 13.0. The molecule has 1 amide bonds. The van der Waals surface area contributed by atoms with Gasteiger partial charge in [0.25, 0.3) is 11.5 Å². The minimum absolute atomic E-state index is 0.171. The predicted molar refractivity (Wildman–Crippen MR) is 119 cm³/mol. The number of carbonyl (C=O) groups excluding carboxylic acids is 1. The second-order valence-electron chi connectivity index (χ2n) is 7.10. The highest BCUT2D eigenvalue weighted by Crippen LogP contribution is 2.15. The number of nitrogens with zero attached hydrogens (tertiary/aromatic N) is 2. The number of amides is 1. The molecule has 30 heavy (non-hydrogen) atoms. The summed E-state index contributed by atoms with van der Waals surface area (Å²) in [5.74, 6) is -0.269. The summed E-state index contributed by atoms with van der Waals surface area (Å²) in [6, 6.07) is 20.5. The molecule has 0 aliphatic carbocycles. The topological polar surface area (TPSA) is 64.0 Å². The van der Waals surface area contributed by atoms with Gasteiger partial charge in [0, 0.05) is 17.8 Å². The zero-order chi connectivity index (χ0) is 21.1. The molecule has 2 aromatic carbocycles. The fourth-order valence-electron chi connectivity index (χ4n) is 3.32. The Morgan fingerprint density at radius 1 is 1.03 bits per heavy atom. The fraction of sp³-hybridized carbons (Fsp3) is 0.125. The molecule has 0 saturated heterocycles. The number of rotatable bonds is 5. The number of pyridine rings is 2. The molecule has 1 N–H and O–H groups in total. The lowest BCUT2D eigenvalue weighted by Crippen LogP contribution is -2.25. The van der Waals surface area contributed by atoms with Gasteiger partial charge in [-0.2, -0.15) is 0 Å². The van der Waals surface area contributed by atoms with E-state index in [0.29, 0.717) is 40.3 Å². The van der Waals surface area contributed by atoms with Gasteiger partial charge in [-0.3, -0.25) is 14.6 Å². The number of fused-ring (bicyclic) bond motifs is 1. The minimum Gasteiger partial charge on any atom is -0.348 e. The lowest BCUT2D eigenvalue weighted by Gasteiger charge is -2.11. The molecule has 0 unspecified atom stereocenters. The van der Waals surface area contributed by atoms with E-state index >= 15 is 0 Å². The number of aryl methyl sites for hydroxylation is 1. The second kappa shape index (κ2) is 8.51. The fourth-order valence-corrected chi connectivity index (χ4v) is 3.45. The van der Waals surface area contributed by atoms with Gasteiger partial charge in [-0.05, 0) is 42.3 Å². The highest BCUT2D eigenvalue weighted by Gasteiger charge is 2.14. The molecule has 0 saturated carbocycles. The van der Waals surface area contributed by atoms with Crippen LogP contribution in [0.2, 0.25) is 5.02 Å². The van der Waals surface area contributed by atoms with Crippen LogP contribution in [0, 0.1) is 6.92 Å². The molecule has 2 aromatic heterocycles. The lowest BCUT2D eigenvalue weighted by molar-refractivity contribution is 0.0950. The Kier molecular flexibility index (Phi) is 5.63. The SMILES string of the molecule is Cc1nc2ccn(Cc3ccccc3)c(=O)c2cc1C(=O)NCc1ccc(Cl)cc1. The zero-order valence-electron chi connectivity index (χ0n) is 16.4. The summed E-state index contributed by atoms with van der Waals surface area (Å²) in [5, 5.41) is 3.95. The highest BCUT2D eigenvalue weighted by atomic mass is 35.5. The average molecular weight is 418 g/mol. The Bertz CT molecular complexity index is 1270. The summed E-state index contributed by atoms with van der Waals surface area (Å²) >= 11 is 5.90. The predicted octanol–water partition coefficient (Wildman–Crippen LogP) is 4.34. The smallest absolute Gasteiger partial charge is 0.260 e. The zero-order valence-corrected chi connectivity index (χ0v) is 17.2. The lowest BCUT2D eigenvalue weighted by atomic mass is 10.1. The molecule has 0 spiro atoms. The van der Waals surface area contributed by atoms with Crippen molar-refractivity contribution in [2.75, 3.05) is 0 Å². The Hall–Kier alpha value is -3.44. The van der Waals surface area contributed by atoms with E-state index in [1.54, 1.807) is 35.9 Å². The van der Waals surface area contributed by atoms with Crippen LogP contribution in [0.15, 0.2) is 77.7 Å². The molecule has 4 rings (SSSR count). The van der Waals surface area contributed by atoms with Gasteiger partial charge in [0.1, 0.15) is 0 Å². The molecule has 150 valence electrons. The van der Waals surface area contributed by atoms with Crippen LogP contribution < -0.4 is 10.9 Å². The quantitative estimate of drug-likeness (QED) is 0.525. The Morgan fingerprint density at radius 3 is 2.50 bits per heavy atom. The van der Waals surface area contributed by atoms with Gasteiger partial charge in [-0.15, -0.1) is 0 Å². The number of halogens is 1. The third-order valence-corrected chi connectivity index (χ3v) is 5.20. The maximum Gasteiger partial charge on any atom is 0.260 e. The molecule has 0 atom stereocenters. The van der Waals surface area contributed by atoms with Crippen molar-refractivity contribution in [1.82, 2.24) is 14.9 Å². The van der Waals surface area contributed by atoms with E-state index in [9.17, 15) is 9.59 Å². The summed E-state index contributed by atoms with van der Waals surface area (Å²) in [4.78, 5) is 30.2. The van der Waals surface area contributed by atoms with Gasteiger partial charge < -0.3 is 9.88 Å². The maximum absolute atomic E-state index is 13.0. The van der Waals surface area contributed by atoms with Gasteiger partial charge in [0.05, 0.1) is 28.7 Å². The largest absolute Gasteiger partial charge is 0.348 e. The van der Waals surface area contributed by atoms with Crippen LogP contribution >= 0.6 is 11.6 Å². The van der Waals surface area contributed by atoms with Crippen LogP contribution in [0.3, 0.4) is 0 Å². The molecular formula is C24H20ClN3O2. The van der Waals surface area contributed by atoms with Crippen LogP contribution in [0.25, 0.3) is 10.9 Å². The van der Waals surface area contributed by atoms with Crippen molar-refractivity contribution < 1.29 is 4.79 Å². The normalized spacial score (nSPS) is 10.9. The monoisotopic (exact) mass is 417 g/mol. The van der Waals surface area contributed by atoms with Gasteiger partial charge >= 0.3 is 0 Å². The first kappa shape index (κ1) is 19.9. The minimum atomic E-state index is -0.269. The molecule has 0 fully saturated rings. The van der Waals surface area contributed by atoms with Crippen molar-refractivity contribution in [1.29, 1.82) is 0 Å². The third kappa shape index (κ3) is 4.26. The van der Waals surface area contributed by atoms with Crippen molar-refractivity contribution in [3.63, 3.8) is 0 Å². The number of hydrogen-bond donors (Lipinski definition) is 1. The van der Waals surface area contributed by atoms with Crippen molar-refractivity contribution in [2.45, 2.75) is 20.0 Å². The molecule has 2 heterocycles. The van der Waals surface area contributed by atoms with E-state index in [0.717, 1.165) is 11.1 Å². The third-order valence-electron chi connectivity index (χ3n) is 4.95. The molecule has 6 heteroatoms. The molecule has 0 bridgehead atoms. The first-order valence-corrected chi connectivity index (χ1v) is 9.96. The molecular weight excluding hydrogens is 398 g/mol. The van der Waals surface area contributed by atoms with Gasteiger partial charge in [-0.25, -0.2) is 0 Å². The first-order chi connectivity index (χ1) is 14.5. The second-order valence-corrected chi connectivity index (χ2v) is 7.53. The van der Waals surface area contributed by atoms with Crippen LogP contribution in [0.4, 0.5) is 0 Å². The van der Waals surface area contributed by atoms with Gasteiger partial charge in [-0.1, -0.05) is 54.1 Å². The number of hydrogen-bond acceptors (Lipinski definition) is 3. The number of carbonyl (C=O) groups is 1. The first-order valence-electron chi connectivity index (χ1n) is 9.58. The van der Waals surface area contributed by atoms with E-state index in [2.05, 4.69) is 10.3 Å². The number of nitrogens with one attached hydrogen (secondary N) is 1. The van der Waals surface area contributed by atoms with Crippen LogP contribution in [-0.2, 0) is 13.1 Å². The van der Waals surface area contributed by atoms with Gasteiger partial charge in [0.15, 0.2) is 0 Å². The molecule has 5 nitrogen and oxygen atoms in total. The van der Waals surface area contributed by atoms with Crippen LogP contribution in [0.5, 0.6) is 0 Å². The van der Waals surface area contributed by atoms with E-state index < -0.39 is 0 Å². The summed E-state index contributed by atoms with van der Waals surface area (Å²) < 4.78 is 1.63. The average Bonchev–Trinajstić information content (AvgIpc) is 2.75. The van der Waals surface area contributed by atoms with Crippen LogP contribution in [0.1, 0.15) is 27.2 Å². The van der Waals surface area contributed by atoms with E-state index in [4.69, 9.17) is 11.6 Å². The van der Waals surface area contributed by atoms with E-state index in [1.165, 1.54) is 0 Å². The summed E-state index contributed by atoms with van der Waals surface area (Å²) in [6.07, 6.45) is 1.74. The Balaban J connectivity index is 1.62. The molecule has 0 aliphatic heterocycles. The van der Waals surface area contributed by atoms with Crippen LogP contribution in [-0.4, -0.2) is 15.5 Å². The van der Waals surface area contributed by atoms with Crippen molar-refractivity contribution in [3.8, 4) is 0 Å². The number of aromatic nitrogens is 2. The van der Waals surface area contributed by atoms with Crippen molar-refractivity contribution in [3.05, 3.63) is 111 Å². The van der Waals surface area contributed by atoms with Crippen molar-refractivity contribution in [2.24, 2.45) is 0 Å². The molecule has 4 aromatic rings. The Labute approximate surface area is 179 Å². The summed E-state index contributed by atoms with van der Waals surface area (Å²) in [5.41, 5.74) is 3.35. The highest BCUT2D eigenvalue weighted by molar-refractivity contribution is 6.30. The number of benzene rings is 2. The summed E-state index contributed by atoms with van der Waals surface area (Å²) in [7, 11) is 0. The molecule has 0 radical (unpaired) electrons. The van der Waals surface area contributed by atoms with Gasteiger partial charge in [0.2, 0.25) is 0 Å². The van der Waals surface area contributed by atoms with E-state index in [1.807, 2.05) is 48.5 Å². The summed E-state index contributed by atoms with van der Waals surface area (Å²) in [6.45, 7) is 2.59. The standard InChI is InChI=1S/C24H20ClN3O2/c1-16-20(23(29)26-14-17-7-9-19(25)10-8-17)13-21-22(27-16)11-12-28(24(21)30)15-18-5-3-2-4-6-18/h2-13H,14-15H2,1H3,(H,26,29).